The lowest BCUT2D eigenvalue weighted by Gasteiger charge is -2.50. The van der Waals surface area contributed by atoms with Crippen LogP contribution in [0.25, 0.3) is 16.9 Å². The number of aromatic nitrogens is 3. The van der Waals surface area contributed by atoms with Gasteiger partial charge in [0.05, 0.1) is 23.2 Å². The smallest absolute Gasteiger partial charge is 0.165 e. The van der Waals surface area contributed by atoms with E-state index in [9.17, 15) is 12.8 Å². The normalized spacial score (nSPS) is 23.9. The van der Waals surface area contributed by atoms with Gasteiger partial charge in [-0.15, -0.1) is 5.10 Å². The first-order chi connectivity index (χ1) is 14.7. The van der Waals surface area contributed by atoms with E-state index in [0.717, 1.165) is 12.0 Å². The third-order valence-electron chi connectivity index (χ3n) is 6.46. The standard InChI is InChI=1S/C22H22FN5O2S/c1-21(14-31(29,30)22(10-5-11-22)20(24)25-21)17-12-16(8-9-18(17)23)28-13-19(26-27-28)15-6-3-2-4-7-15/h2-4,6-9,12-13H,5,10-11,14H2,1H3,(H2,24,25)/t21-/m0/s1. The molecule has 3 aromatic rings. The second-order valence-electron chi connectivity index (χ2n) is 8.52. The summed E-state index contributed by atoms with van der Waals surface area (Å²) in [6.45, 7) is 1.63. The molecule has 5 rings (SSSR count). The highest BCUT2D eigenvalue weighted by Gasteiger charge is 2.59. The van der Waals surface area contributed by atoms with E-state index in [2.05, 4.69) is 15.6 Å². The Morgan fingerprint density at radius 2 is 1.90 bits per heavy atom. The van der Waals surface area contributed by atoms with Crippen molar-refractivity contribution in [3.8, 4) is 16.9 Å². The summed E-state index contributed by atoms with van der Waals surface area (Å²) >= 11 is 0. The fourth-order valence-corrected chi connectivity index (χ4v) is 7.05. The molecule has 1 aromatic heterocycles. The Morgan fingerprint density at radius 1 is 1.16 bits per heavy atom. The van der Waals surface area contributed by atoms with Gasteiger partial charge < -0.3 is 5.32 Å². The van der Waals surface area contributed by atoms with Crippen LogP contribution in [0.4, 0.5) is 4.39 Å². The molecule has 1 aliphatic heterocycles. The van der Waals surface area contributed by atoms with Crippen LogP contribution in [0, 0.1) is 11.2 Å². The number of amidine groups is 1. The first kappa shape index (κ1) is 19.9. The van der Waals surface area contributed by atoms with Crippen LogP contribution in [0.15, 0.2) is 54.7 Å². The summed E-state index contributed by atoms with van der Waals surface area (Å²) in [4.78, 5) is 0. The second kappa shape index (κ2) is 6.71. The summed E-state index contributed by atoms with van der Waals surface area (Å²) in [6, 6.07) is 14.0. The molecule has 1 spiro atoms. The number of hydrogen-bond donors (Lipinski definition) is 2. The maximum Gasteiger partial charge on any atom is 0.165 e. The molecule has 2 fully saturated rings. The first-order valence-corrected chi connectivity index (χ1v) is 11.8. The minimum absolute atomic E-state index is 0.0376. The average molecular weight is 440 g/mol. The van der Waals surface area contributed by atoms with Crippen LogP contribution in [-0.2, 0) is 15.4 Å². The third-order valence-corrected chi connectivity index (χ3v) is 9.22. The molecule has 2 N–H and O–H groups in total. The van der Waals surface area contributed by atoms with E-state index in [0.29, 0.717) is 24.2 Å². The fourth-order valence-electron chi connectivity index (χ4n) is 4.51. The van der Waals surface area contributed by atoms with E-state index >= 15 is 0 Å². The number of sulfone groups is 1. The SMILES string of the molecule is C[C@@]1(c2cc(-n3cc(-c4ccccc4)nn3)ccc2F)CS(=O)(=O)C2(CCC2)C(=N)N1. The highest BCUT2D eigenvalue weighted by Crippen LogP contribution is 2.46. The Kier molecular flexibility index (Phi) is 4.30. The lowest BCUT2D eigenvalue weighted by atomic mass is 9.81. The molecule has 2 heterocycles. The summed E-state index contributed by atoms with van der Waals surface area (Å²) in [6.07, 6.45) is 3.41. The van der Waals surface area contributed by atoms with Crippen molar-refractivity contribution in [2.75, 3.05) is 5.75 Å². The van der Waals surface area contributed by atoms with Gasteiger partial charge in [0.15, 0.2) is 9.84 Å². The molecule has 0 unspecified atom stereocenters. The van der Waals surface area contributed by atoms with E-state index in [-0.39, 0.29) is 17.2 Å². The van der Waals surface area contributed by atoms with Crippen molar-refractivity contribution in [1.82, 2.24) is 20.3 Å². The molecule has 2 aliphatic rings. The van der Waals surface area contributed by atoms with Gasteiger partial charge in [-0.05, 0) is 44.4 Å². The molecular weight excluding hydrogens is 417 g/mol. The minimum Gasteiger partial charge on any atom is -0.362 e. The maximum atomic E-state index is 14.9. The number of hydrogen-bond acceptors (Lipinski definition) is 5. The molecule has 0 bridgehead atoms. The van der Waals surface area contributed by atoms with Crippen molar-refractivity contribution in [1.29, 1.82) is 5.41 Å². The average Bonchev–Trinajstić information content (AvgIpc) is 3.16. The molecule has 2 aromatic carbocycles. The summed E-state index contributed by atoms with van der Waals surface area (Å²) in [5, 5.41) is 19.8. The van der Waals surface area contributed by atoms with Crippen molar-refractivity contribution in [2.24, 2.45) is 0 Å². The van der Waals surface area contributed by atoms with Crippen LogP contribution in [0.3, 0.4) is 0 Å². The van der Waals surface area contributed by atoms with Crippen molar-refractivity contribution in [3.63, 3.8) is 0 Å². The van der Waals surface area contributed by atoms with E-state index in [1.165, 1.54) is 10.7 Å². The summed E-state index contributed by atoms with van der Waals surface area (Å²) in [7, 11) is -3.61. The number of benzene rings is 2. The van der Waals surface area contributed by atoms with Gasteiger partial charge in [-0.2, -0.15) is 0 Å². The second-order valence-corrected chi connectivity index (χ2v) is 10.8. The third kappa shape index (κ3) is 2.98. The van der Waals surface area contributed by atoms with E-state index in [1.54, 1.807) is 25.3 Å². The van der Waals surface area contributed by atoms with Crippen molar-refractivity contribution < 1.29 is 12.8 Å². The topological polar surface area (TPSA) is 101 Å². The molecule has 160 valence electrons. The van der Waals surface area contributed by atoms with Crippen LogP contribution in [-0.4, -0.2) is 39.7 Å². The first-order valence-electron chi connectivity index (χ1n) is 10.1. The molecule has 0 amide bonds. The molecule has 7 nitrogen and oxygen atoms in total. The van der Waals surface area contributed by atoms with Gasteiger partial charge in [0.1, 0.15) is 22.1 Å². The zero-order valence-corrected chi connectivity index (χ0v) is 17.8. The predicted octanol–water partition coefficient (Wildman–Crippen LogP) is 3.21. The van der Waals surface area contributed by atoms with Crippen molar-refractivity contribution in [3.05, 3.63) is 66.1 Å². The molecule has 1 saturated carbocycles. The van der Waals surface area contributed by atoms with Gasteiger partial charge in [0.2, 0.25) is 0 Å². The molecule has 1 aliphatic carbocycles. The largest absolute Gasteiger partial charge is 0.362 e. The zero-order chi connectivity index (χ0) is 21.9. The Hall–Kier alpha value is -3.07. The fraction of sp³-hybridized carbons (Fsp3) is 0.318. The quantitative estimate of drug-likeness (QED) is 0.653. The summed E-state index contributed by atoms with van der Waals surface area (Å²) in [5.74, 6) is -0.839. The number of rotatable bonds is 3. The van der Waals surface area contributed by atoms with E-state index in [1.807, 2.05) is 30.3 Å². The molecule has 9 heteroatoms. The molecule has 1 atom stereocenters. The molecular formula is C22H22FN5O2S. The lowest BCUT2D eigenvalue weighted by molar-refractivity contribution is 0.355. The van der Waals surface area contributed by atoms with E-state index in [4.69, 9.17) is 5.41 Å². The maximum absolute atomic E-state index is 14.9. The highest BCUT2D eigenvalue weighted by molar-refractivity contribution is 7.93. The molecule has 31 heavy (non-hydrogen) atoms. The number of halogens is 1. The van der Waals surface area contributed by atoms with Crippen LogP contribution in [0.2, 0.25) is 0 Å². The highest BCUT2D eigenvalue weighted by atomic mass is 32.2. The van der Waals surface area contributed by atoms with Crippen molar-refractivity contribution in [2.45, 2.75) is 36.5 Å². The van der Waals surface area contributed by atoms with Crippen LogP contribution in [0.1, 0.15) is 31.7 Å². The number of nitrogens with zero attached hydrogens (tertiary/aromatic N) is 3. The summed E-state index contributed by atoms with van der Waals surface area (Å²) < 4.78 is 41.5. The Morgan fingerprint density at radius 3 is 2.55 bits per heavy atom. The lowest BCUT2D eigenvalue weighted by Crippen LogP contribution is -2.68. The number of nitrogens with one attached hydrogen (secondary N) is 2. The van der Waals surface area contributed by atoms with Crippen molar-refractivity contribution >= 4 is 15.7 Å². The Balaban J connectivity index is 1.53. The van der Waals surface area contributed by atoms with E-state index < -0.39 is 25.9 Å². The van der Waals surface area contributed by atoms with Crippen LogP contribution < -0.4 is 5.32 Å². The van der Waals surface area contributed by atoms with Gasteiger partial charge in [-0.25, -0.2) is 17.5 Å². The summed E-state index contributed by atoms with van der Waals surface area (Å²) in [5.41, 5.74) is 1.07. The monoisotopic (exact) mass is 439 g/mol. The zero-order valence-electron chi connectivity index (χ0n) is 17.0. The van der Waals surface area contributed by atoms with Crippen LogP contribution in [0.5, 0.6) is 0 Å². The Labute approximate surface area is 179 Å². The Bertz CT molecular complexity index is 1280. The van der Waals surface area contributed by atoms with Crippen LogP contribution >= 0.6 is 0 Å². The van der Waals surface area contributed by atoms with Gasteiger partial charge in [0, 0.05) is 11.1 Å². The van der Waals surface area contributed by atoms with Gasteiger partial charge in [-0.3, -0.25) is 5.41 Å². The minimum atomic E-state index is -3.61. The molecule has 1 saturated heterocycles. The van der Waals surface area contributed by atoms with Gasteiger partial charge in [0.25, 0.3) is 0 Å². The predicted molar refractivity (Wildman–Crippen MR) is 115 cm³/mol. The van der Waals surface area contributed by atoms with Gasteiger partial charge >= 0.3 is 0 Å². The van der Waals surface area contributed by atoms with Gasteiger partial charge in [-0.1, -0.05) is 35.5 Å². The molecule has 0 radical (unpaired) electrons.